The van der Waals surface area contributed by atoms with E-state index in [1.807, 2.05) is 55.4 Å². The Bertz CT molecular complexity index is 445. The second kappa shape index (κ2) is 15.9. The van der Waals surface area contributed by atoms with Crippen LogP contribution in [0.4, 0.5) is 0 Å². The minimum absolute atomic E-state index is 0.0749. The van der Waals surface area contributed by atoms with Crippen molar-refractivity contribution in [3.63, 3.8) is 0 Å². The normalized spacial score (nSPS) is 13.7. The molecule has 2 unspecified atom stereocenters. The fourth-order valence-electron chi connectivity index (χ4n) is 2.11. The summed E-state index contributed by atoms with van der Waals surface area (Å²) < 4.78 is 16.9. The van der Waals surface area contributed by atoms with E-state index in [4.69, 9.17) is 14.2 Å². The number of ether oxygens (including phenoxy) is 3. The second-order valence-corrected chi connectivity index (χ2v) is 8.89. The lowest BCUT2D eigenvalue weighted by Gasteiger charge is -2.35. The maximum absolute atomic E-state index is 11.9. The van der Waals surface area contributed by atoms with Gasteiger partial charge in [-0.15, -0.1) is 0 Å². The first-order valence-corrected chi connectivity index (χ1v) is 11.0. The number of rotatable bonds is 12. The lowest BCUT2D eigenvalue weighted by Crippen LogP contribution is -2.42. The molecule has 0 fully saturated rings. The number of thiol groups is 1. The van der Waals surface area contributed by atoms with Crippen LogP contribution in [-0.4, -0.2) is 60.5 Å². The molecule has 0 aromatic heterocycles. The van der Waals surface area contributed by atoms with Gasteiger partial charge in [0.05, 0.1) is 18.3 Å². The van der Waals surface area contributed by atoms with Crippen molar-refractivity contribution in [2.45, 2.75) is 92.6 Å². The largest absolute Gasteiger partial charge is 0.460 e. The Morgan fingerprint density at radius 1 is 1.07 bits per heavy atom. The highest BCUT2D eigenvalue weighted by Crippen LogP contribution is 2.25. The molecule has 0 aliphatic carbocycles. The molecule has 0 aromatic carbocycles. The van der Waals surface area contributed by atoms with Crippen molar-refractivity contribution in [1.82, 2.24) is 5.32 Å². The SMILES string of the molecule is CC.CC(C)(C)OC(COC(=O)CCCC(=O)NCCS)OC(CO)C(C)(C)C. The van der Waals surface area contributed by atoms with Crippen molar-refractivity contribution in [2.24, 2.45) is 5.41 Å². The van der Waals surface area contributed by atoms with E-state index in [0.29, 0.717) is 18.7 Å². The zero-order chi connectivity index (χ0) is 23.1. The van der Waals surface area contributed by atoms with Crippen molar-refractivity contribution in [2.75, 3.05) is 25.5 Å². The zero-order valence-electron chi connectivity index (χ0n) is 19.5. The summed E-state index contributed by atoms with van der Waals surface area (Å²) in [7, 11) is 0. The van der Waals surface area contributed by atoms with E-state index < -0.39 is 24.0 Å². The standard InChI is InChI=1S/C19H37NO6S.C2H6/c1-18(2,3)14(12-21)25-17(26-19(4,5)6)13-24-16(23)9-7-8-15(22)20-10-11-27;1-2/h14,17,21,27H,7-13H2,1-6H3,(H,20,22);1-2H3. The molecular formula is C21H43NO6S. The molecule has 2 atom stereocenters. The molecule has 0 bridgehead atoms. The van der Waals surface area contributed by atoms with Gasteiger partial charge in [-0.3, -0.25) is 9.59 Å². The smallest absolute Gasteiger partial charge is 0.305 e. The van der Waals surface area contributed by atoms with Crippen LogP contribution in [-0.2, 0) is 23.8 Å². The van der Waals surface area contributed by atoms with E-state index in [2.05, 4.69) is 17.9 Å². The Morgan fingerprint density at radius 3 is 2.10 bits per heavy atom. The lowest BCUT2D eigenvalue weighted by molar-refractivity contribution is -0.251. The Morgan fingerprint density at radius 2 is 1.66 bits per heavy atom. The summed E-state index contributed by atoms with van der Waals surface area (Å²) in [5.74, 6) is 0.0521. The van der Waals surface area contributed by atoms with E-state index in [9.17, 15) is 14.7 Å². The van der Waals surface area contributed by atoms with Gasteiger partial charge in [0.25, 0.3) is 0 Å². The van der Waals surface area contributed by atoms with Crippen LogP contribution in [0.1, 0.15) is 74.7 Å². The maximum Gasteiger partial charge on any atom is 0.305 e. The quantitative estimate of drug-likeness (QED) is 0.246. The monoisotopic (exact) mass is 437 g/mol. The molecule has 2 N–H and O–H groups in total. The van der Waals surface area contributed by atoms with Crippen LogP contribution >= 0.6 is 12.6 Å². The number of carbonyl (C=O) groups excluding carboxylic acids is 2. The van der Waals surface area contributed by atoms with Crippen LogP contribution in [0, 0.1) is 5.41 Å². The van der Waals surface area contributed by atoms with Gasteiger partial charge in [-0.05, 0) is 32.6 Å². The highest BCUT2D eigenvalue weighted by molar-refractivity contribution is 7.80. The molecule has 0 heterocycles. The molecule has 0 aliphatic rings. The van der Waals surface area contributed by atoms with E-state index in [0.717, 1.165) is 0 Å². The number of aliphatic hydroxyl groups excluding tert-OH is 1. The first-order valence-electron chi connectivity index (χ1n) is 10.4. The van der Waals surface area contributed by atoms with E-state index in [1.165, 1.54) is 0 Å². The van der Waals surface area contributed by atoms with E-state index >= 15 is 0 Å². The number of aliphatic hydroxyl groups is 1. The fraction of sp³-hybridized carbons (Fsp3) is 0.905. The van der Waals surface area contributed by atoms with Gasteiger partial charge < -0.3 is 24.6 Å². The molecule has 29 heavy (non-hydrogen) atoms. The minimum Gasteiger partial charge on any atom is -0.460 e. The molecule has 8 heteroatoms. The zero-order valence-corrected chi connectivity index (χ0v) is 20.4. The third kappa shape index (κ3) is 17.7. The predicted molar refractivity (Wildman–Crippen MR) is 119 cm³/mol. The molecule has 7 nitrogen and oxygen atoms in total. The Kier molecular flexibility index (Phi) is 16.7. The van der Waals surface area contributed by atoms with Crippen molar-refractivity contribution < 1.29 is 28.9 Å². The van der Waals surface area contributed by atoms with E-state index in [1.54, 1.807) is 0 Å². The molecule has 0 saturated carbocycles. The molecule has 0 aromatic rings. The maximum atomic E-state index is 11.9. The first kappa shape index (κ1) is 30.4. The van der Waals surface area contributed by atoms with Gasteiger partial charge in [-0.1, -0.05) is 34.6 Å². The molecule has 0 aliphatic heterocycles. The first-order chi connectivity index (χ1) is 13.4. The van der Waals surface area contributed by atoms with Crippen molar-refractivity contribution in [3.05, 3.63) is 0 Å². The average Bonchev–Trinajstić information content (AvgIpc) is 2.61. The van der Waals surface area contributed by atoms with Crippen molar-refractivity contribution in [3.8, 4) is 0 Å². The summed E-state index contributed by atoms with van der Waals surface area (Å²) in [6, 6.07) is 0. The third-order valence-corrected chi connectivity index (χ3v) is 3.76. The molecule has 0 rings (SSSR count). The number of amides is 1. The summed E-state index contributed by atoms with van der Waals surface area (Å²) in [5.41, 5.74) is -0.793. The number of carbonyl (C=O) groups is 2. The summed E-state index contributed by atoms with van der Waals surface area (Å²) in [6.07, 6.45) is -0.440. The van der Waals surface area contributed by atoms with Gasteiger partial charge >= 0.3 is 5.97 Å². The van der Waals surface area contributed by atoms with Gasteiger partial charge in [0, 0.05) is 25.1 Å². The summed E-state index contributed by atoms with van der Waals surface area (Å²) >= 11 is 4.02. The van der Waals surface area contributed by atoms with Gasteiger partial charge in [0.2, 0.25) is 5.91 Å². The number of hydrogen-bond donors (Lipinski definition) is 3. The summed E-state index contributed by atoms with van der Waals surface area (Å²) in [5, 5.41) is 12.3. The van der Waals surface area contributed by atoms with Crippen LogP contribution in [0.5, 0.6) is 0 Å². The highest BCUT2D eigenvalue weighted by atomic mass is 32.1. The lowest BCUT2D eigenvalue weighted by atomic mass is 9.89. The number of hydrogen-bond acceptors (Lipinski definition) is 7. The van der Waals surface area contributed by atoms with Crippen molar-refractivity contribution >= 4 is 24.5 Å². The molecule has 0 radical (unpaired) electrons. The summed E-state index contributed by atoms with van der Waals surface area (Å²) in [6.45, 7) is 15.7. The van der Waals surface area contributed by atoms with Crippen molar-refractivity contribution in [1.29, 1.82) is 0 Å². The fourth-order valence-corrected chi connectivity index (χ4v) is 2.22. The topological polar surface area (TPSA) is 94.1 Å². The Balaban J connectivity index is 0. The predicted octanol–water partition coefficient (Wildman–Crippen LogP) is 3.34. The number of nitrogens with one attached hydrogen (secondary N) is 1. The second-order valence-electron chi connectivity index (χ2n) is 8.44. The van der Waals surface area contributed by atoms with Gasteiger partial charge in [0.1, 0.15) is 6.61 Å². The van der Waals surface area contributed by atoms with Gasteiger partial charge in [0.15, 0.2) is 6.29 Å². The molecular weight excluding hydrogens is 394 g/mol. The Labute approximate surface area is 182 Å². The van der Waals surface area contributed by atoms with E-state index in [-0.39, 0.29) is 37.4 Å². The number of esters is 1. The highest BCUT2D eigenvalue weighted by Gasteiger charge is 2.30. The molecule has 174 valence electrons. The van der Waals surface area contributed by atoms with Crippen LogP contribution in [0.2, 0.25) is 0 Å². The van der Waals surface area contributed by atoms with Gasteiger partial charge in [-0.25, -0.2) is 0 Å². The van der Waals surface area contributed by atoms with Crippen LogP contribution in [0.3, 0.4) is 0 Å². The summed E-state index contributed by atoms with van der Waals surface area (Å²) in [4.78, 5) is 23.4. The Hall–Kier alpha value is -0.830. The molecule has 1 amide bonds. The average molecular weight is 438 g/mol. The molecule has 0 spiro atoms. The van der Waals surface area contributed by atoms with Crippen LogP contribution in [0.25, 0.3) is 0 Å². The van der Waals surface area contributed by atoms with Crippen LogP contribution < -0.4 is 5.32 Å². The minimum atomic E-state index is -0.788. The van der Waals surface area contributed by atoms with Crippen LogP contribution in [0.15, 0.2) is 0 Å². The van der Waals surface area contributed by atoms with Gasteiger partial charge in [-0.2, -0.15) is 12.6 Å². The third-order valence-electron chi connectivity index (χ3n) is 3.53. The molecule has 0 saturated heterocycles.